The minimum Gasteiger partial charge on any atom is -0.310 e. The van der Waals surface area contributed by atoms with Crippen molar-refractivity contribution in [2.45, 2.75) is 46.6 Å². The van der Waals surface area contributed by atoms with Gasteiger partial charge in [0.2, 0.25) is 0 Å². The fraction of sp³-hybridized carbons (Fsp3) is 0.500. The Morgan fingerprint density at radius 2 is 1.90 bits per heavy atom. The molecule has 0 aliphatic heterocycles. The molecule has 1 atom stereocenters. The quantitative estimate of drug-likeness (QED) is 0.878. The van der Waals surface area contributed by atoms with Crippen molar-refractivity contribution in [3.05, 3.63) is 52.3 Å². The molecule has 0 bridgehead atoms. The molecule has 0 fully saturated rings. The molecule has 21 heavy (non-hydrogen) atoms. The molecule has 1 aromatic heterocycles. The maximum atomic E-state index is 4.46. The van der Waals surface area contributed by atoms with Gasteiger partial charge in [0, 0.05) is 25.2 Å². The molecule has 0 saturated carbocycles. The topological polar surface area (TPSA) is 29.9 Å². The largest absolute Gasteiger partial charge is 0.310 e. The summed E-state index contributed by atoms with van der Waals surface area (Å²) < 4.78 is 2.00. The van der Waals surface area contributed by atoms with Crippen LogP contribution < -0.4 is 5.32 Å². The Kier molecular flexibility index (Phi) is 5.18. The van der Waals surface area contributed by atoms with Crippen LogP contribution in [0.2, 0.25) is 0 Å². The summed E-state index contributed by atoms with van der Waals surface area (Å²) in [5, 5.41) is 8.13. The lowest BCUT2D eigenvalue weighted by Gasteiger charge is -2.20. The average Bonchev–Trinajstić information content (AvgIpc) is 2.76. The van der Waals surface area contributed by atoms with E-state index in [1.165, 1.54) is 22.4 Å². The lowest BCUT2D eigenvalue weighted by Crippen LogP contribution is -2.25. The van der Waals surface area contributed by atoms with Crippen LogP contribution in [0.3, 0.4) is 0 Å². The van der Waals surface area contributed by atoms with Gasteiger partial charge in [-0.1, -0.05) is 25.1 Å². The normalized spacial score (nSPS) is 12.6. The van der Waals surface area contributed by atoms with Crippen molar-refractivity contribution in [3.8, 4) is 0 Å². The molecule has 1 aromatic carbocycles. The molecule has 3 heteroatoms. The molecule has 3 nitrogen and oxygen atoms in total. The third-order valence-electron chi connectivity index (χ3n) is 4.09. The van der Waals surface area contributed by atoms with Gasteiger partial charge in [0.15, 0.2) is 0 Å². The molecule has 114 valence electrons. The van der Waals surface area contributed by atoms with Crippen LogP contribution in [0.15, 0.2) is 24.3 Å². The van der Waals surface area contributed by atoms with Gasteiger partial charge in [-0.05, 0) is 56.5 Å². The number of aromatic nitrogens is 2. The number of benzene rings is 1. The van der Waals surface area contributed by atoms with Gasteiger partial charge in [-0.3, -0.25) is 4.68 Å². The lowest BCUT2D eigenvalue weighted by molar-refractivity contribution is 0.512. The SMILES string of the molecule is CCCNC(Cc1cc(C)nn1C)c1ccc(C)c(C)c1. The van der Waals surface area contributed by atoms with Crippen LogP contribution in [0.1, 0.15) is 47.5 Å². The molecule has 1 heterocycles. The number of aryl methyl sites for hydroxylation is 4. The van der Waals surface area contributed by atoms with Gasteiger partial charge in [0.1, 0.15) is 0 Å². The predicted octanol–water partition coefficient (Wildman–Crippen LogP) is 3.63. The van der Waals surface area contributed by atoms with Crippen LogP contribution in [-0.2, 0) is 13.5 Å². The van der Waals surface area contributed by atoms with Gasteiger partial charge in [-0.25, -0.2) is 0 Å². The third-order valence-corrected chi connectivity index (χ3v) is 4.09. The number of hydrogen-bond donors (Lipinski definition) is 1. The summed E-state index contributed by atoms with van der Waals surface area (Å²) in [6, 6.07) is 9.31. The molecule has 0 spiro atoms. The Labute approximate surface area is 128 Å². The molecule has 0 aliphatic carbocycles. The standard InChI is InChI=1S/C18H27N3/c1-6-9-19-18(12-17-11-15(4)20-21(17)5)16-8-7-13(2)14(3)10-16/h7-8,10-11,18-19H,6,9,12H2,1-5H3. The summed E-state index contributed by atoms with van der Waals surface area (Å²) >= 11 is 0. The Morgan fingerprint density at radius 1 is 1.14 bits per heavy atom. The van der Waals surface area contributed by atoms with Gasteiger partial charge in [0.05, 0.1) is 5.69 Å². The fourth-order valence-corrected chi connectivity index (χ4v) is 2.67. The van der Waals surface area contributed by atoms with Gasteiger partial charge < -0.3 is 5.32 Å². The van der Waals surface area contributed by atoms with E-state index < -0.39 is 0 Å². The Bertz CT molecular complexity index is 599. The number of nitrogens with zero attached hydrogens (tertiary/aromatic N) is 2. The maximum absolute atomic E-state index is 4.46. The molecular weight excluding hydrogens is 258 g/mol. The van der Waals surface area contributed by atoms with E-state index in [4.69, 9.17) is 0 Å². The van der Waals surface area contributed by atoms with Crippen molar-refractivity contribution in [2.75, 3.05) is 6.54 Å². The van der Waals surface area contributed by atoms with Gasteiger partial charge in [-0.2, -0.15) is 5.10 Å². The van der Waals surface area contributed by atoms with E-state index in [2.05, 4.69) is 55.5 Å². The van der Waals surface area contributed by atoms with Crippen LogP contribution in [0.25, 0.3) is 0 Å². The molecule has 0 radical (unpaired) electrons. The zero-order valence-electron chi connectivity index (χ0n) is 13.9. The Balaban J connectivity index is 2.24. The molecular formula is C18H27N3. The van der Waals surface area contributed by atoms with E-state index in [0.29, 0.717) is 6.04 Å². The highest BCUT2D eigenvalue weighted by Crippen LogP contribution is 2.21. The Hall–Kier alpha value is -1.61. The summed E-state index contributed by atoms with van der Waals surface area (Å²) in [4.78, 5) is 0. The van der Waals surface area contributed by atoms with Gasteiger partial charge in [-0.15, -0.1) is 0 Å². The molecule has 2 rings (SSSR count). The van der Waals surface area contributed by atoms with E-state index in [9.17, 15) is 0 Å². The highest BCUT2D eigenvalue weighted by atomic mass is 15.3. The molecule has 0 aliphatic rings. The first-order valence-electron chi connectivity index (χ1n) is 7.81. The second-order valence-corrected chi connectivity index (χ2v) is 5.96. The average molecular weight is 285 g/mol. The molecule has 1 N–H and O–H groups in total. The second kappa shape index (κ2) is 6.90. The third kappa shape index (κ3) is 3.94. The van der Waals surface area contributed by atoms with Crippen molar-refractivity contribution < 1.29 is 0 Å². The van der Waals surface area contributed by atoms with Crippen molar-refractivity contribution in [2.24, 2.45) is 7.05 Å². The second-order valence-electron chi connectivity index (χ2n) is 5.96. The first-order chi connectivity index (χ1) is 10.0. The zero-order valence-corrected chi connectivity index (χ0v) is 13.9. The summed E-state index contributed by atoms with van der Waals surface area (Å²) in [7, 11) is 2.03. The molecule has 1 unspecified atom stereocenters. The van der Waals surface area contributed by atoms with Crippen molar-refractivity contribution in [1.82, 2.24) is 15.1 Å². The fourth-order valence-electron chi connectivity index (χ4n) is 2.67. The van der Waals surface area contributed by atoms with E-state index in [-0.39, 0.29) is 0 Å². The van der Waals surface area contributed by atoms with Crippen molar-refractivity contribution >= 4 is 0 Å². The first-order valence-corrected chi connectivity index (χ1v) is 7.81. The van der Waals surface area contributed by atoms with Gasteiger partial charge >= 0.3 is 0 Å². The monoisotopic (exact) mass is 285 g/mol. The minimum absolute atomic E-state index is 0.346. The van der Waals surface area contributed by atoms with E-state index in [1.54, 1.807) is 0 Å². The molecule has 0 saturated heterocycles. The highest BCUT2D eigenvalue weighted by Gasteiger charge is 2.15. The molecule has 0 amide bonds. The van der Waals surface area contributed by atoms with Crippen LogP contribution >= 0.6 is 0 Å². The predicted molar refractivity (Wildman–Crippen MR) is 88.6 cm³/mol. The van der Waals surface area contributed by atoms with Crippen molar-refractivity contribution in [1.29, 1.82) is 0 Å². The summed E-state index contributed by atoms with van der Waals surface area (Å²) in [6.07, 6.45) is 2.12. The summed E-state index contributed by atoms with van der Waals surface area (Å²) in [5.74, 6) is 0. The first kappa shape index (κ1) is 15.8. The zero-order chi connectivity index (χ0) is 15.4. The van der Waals surface area contributed by atoms with Crippen LogP contribution in [0.5, 0.6) is 0 Å². The number of hydrogen-bond acceptors (Lipinski definition) is 2. The van der Waals surface area contributed by atoms with Crippen LogP contribution in [-0.4, -0.2) is 16.3 Å². The smallest absolute Gasteiger partial charge is 0.0596 e. The van der Waals surface area contributed by atoms with E-state index >= 15 is 0 Å². The summed E-state index contributed by atoms with van der Waals surface area (Å²) in [5.41, 5.74) is 6.44. The highest BCUT2D eigenvalue weighted by molar-refractivity contribution is 5.32. The van der Waals surface area contributed by atoms with Crippen LogP contribution in [0.4, 0.5) is 0 Å². The van der Waals surface area contributed by atoms with Crippen molar-refractivity contribution in [3.63, 3.8) is 0 Å². The minimum atomic E-state index is 0.346. The molecule has 2 aromatic rings. The summed E-state index contributed by atoms with van der Waals surface area (Å²) in [6.45, 7) is 9.64. The maximum Gasteiger partial charge on any atom is 0.0596 e. The van der Waals surface area contributed by atoms with Crippen LogP contribution in [0, 0.1) is 20.8 Å². The van der Waals surface area contributed by atoms with E-state index in [1.807, 2.05) is 18.7 Å². The number of nitrogens with one attached hydrogen (secondary N) is 1. The van der Waals surface area contributed by atoms with E-state index in [0.717, 1.165) is 25.1 Å². The lowest BCUT2D eigenvalue weighted by atomic mass is 9.97. The number of rotatable bonds is 6. The van der Waals surface area contributed by atoms with Gasteiger partial charge in [0.25, 0.3) is 0 Å². The Morgan fingerprint density at radius 3 is 2.48 bits per heavy atom.